The molecule has 1 aromatic carbocycles. The molecule has 2 aliphatic carbocycles. The number of amides is 1. The SMILES string of the molecule is O=C(NC1(COCc2nnc([C@H]3C[C@@H](OC(F)(F)F)C3)o2)CCCCC1)C1CC(O)c2cc(Cl)ccc2O1. The number of hydrogen-bond donors (Lipinski definition) is 2. The third-order valence-electron chi connectivity index (χ3n) is 7.36. The summed E-state index contributed by atoms with van der Waals surface area (Å²) in [5.74, 6) is 0.306. The Morgan fingerprint density at radius 1 is 1.18 bits per heavy atom. The summed E-state index contributed by atoms with van der Waals surface area (Å²) in [6, 6.07) is 4.92. The number of aromatic nitrogens is 2. The summed E-state index contributed by atoms with van der Waals surface area (Å²) < 4.78 is 58.3. The molecule has 0 saturated heterocycles. The smallest absolute Gasteiger partial charge is 0.480 e. The van der Waals surface area contributed by atoms with E-state index in [-0.39, 0.29) is 56.1 Å². The third kappa shape index (κ3) is 6.41. The van der Waals surface area contributed by atoms with Crippen molar-refractivity contribution in [3.8, 4) is 5.75 Å². The first-order chi connectivity index (χ1) is 18.1. The maximum absolute atomic E-state index is 13.2. The maximum Gasteiger partial charge on any atom is 0.522 e. The molecule has 2 unspecified atom stereocenters. The number of fused-ring (bicyclic) bond motifs is 1. The van der Waals surface area contributed by atoms with Gasteiger partial charge in [-0.05, 0) is 43.9 Å². The number of halogens is 4. The molecule has 208 valence electrons. The number of aliphatic hydroxyl groups excluding tert-OH is 1. The van der Waals surface area contributed by atoms with Crippen LogP contribution < -0.4 is 10.1 Å². The van der Waals surface area contributed by atoms with Gasteiger partial charge in [-0.25, -0.2) is 0 Å². The first-order valence-corrected chi connectivity index (χ1v) is 13.1. The van der Waals surface area contributed by atoms with Crippen molar-refractivity contribution in [2.45, 2.75) is 94.1 Å². The van der Waals surface area contributed by atoms with E-state index in [1.807, 2.05) is 0 Å². The average molecular weight is 560 g/mol. The lowest BCUT2D eigenvalue weighted by Gasteiger charge is -2.39. The van der Waals surface area contributed by atoms with Crippen LogP contribution in [0.1, 0.15) is 80.7 Å². The van der Waals surface area contributed by atoms with Gasteiger partial charge in [0.05, 0.1) is 24.4 Å². The highest BCUT2D eigenvalue weighted by atomic mass is 35.5. The molecule has 0 radical (unpaired) electrons. The standard InChI is InChI=1S/C25H29ClF3N3O6/c26-15-4-5-19-17(10-15)18(33)11-20(36-19)22(34)30-24(6-2-1-3-7-24)13-35-12-21-31-32-23(37-21)14-8-16(9-14)38-25(27,28)29/h4-5,10,14,16,18,20,33H,1-3,6-9,11-13H2,(H,30,34)/t14-,16+,18?,20?. The predicted molar refractivity (Wildman–Crippen MR) is 126 cm³/mol. The van der Waals surface area contributed by atoms with Crippen LogP contribution in [0.15, 0.2) is 22.6 Å². The van der Waals surface area contributed by atoms with Crippen LogP contribution >= 0.6 is 11.6 Å². The van der Waals surface area contributed by atoms with E-state index in [1.165, 1.54) is 0 Å². The van der Waals surface area contributed by atoms with Gasteiger partial charge >= 0.3 is 6.36 Å². The molecule has 2 atom stereocenters. The molecule has 1 aromatic heterocycles. The van der Waals surface area contributed by atoms with Gasteiger partial charge in [0.25, 0.3) is 5.91 Å². The van der Waals surface area contributed by atoms with Gasteiger partial charge in [-0.3, -0.25) is 9.53 Å². The molecule has 2 saturated carbocycles. The van der Waals surface area contributed by atoms with Crippen LogP contribution in [-0.2, 0) is 20.9 Å². The molecule has 9 nitrogen and oxygen atoms in total. The summed E-state index contributed by atoms with van der Waals surface area (Å²) in [6.45, 7) is 0.218. The zero-order chi connectivity index (χ0) is 26.9. The van der Waals surface area contributed by atoms with Crippen molar-refractivity contribution in [3.63, 3.8) is 0 Å². The van der Waals surface area contributed by atoms with Gasteiger partial charge in [0.1, 0.15) is 12.4 Å². The quantitative estimate of drug-likeness (QED) is 0.477. The first-order valence-electron chi connectivity index (χ1n) is 12.7. The van der Waals surface area contributed by atoms with Crippen LogP contribution in [0.2, 0.25) is 5.02 Å². The predicted octanol–water partition coefficient (Wildman–Crippen LogP) is 4.73. The normalized spacial score (nSPS) is 26.7. The molecule has 2 heterocycles. The number of ether oxygens (including phenoxy) is 3. The Hall–Kier alpha value is -2.41. The molecule has 3 aliphatic rings. The number of rotatable bonds is 8. The van der Waals surface area contributed by atoms with Gasteiger partial charge in [-0.1, -0.05) is 30.9 Å². The topological polar surface area (TPSA) is 116 Å². The number of carbonyl (C=O) groups is 1. The minimum atomic E-state index is -4.66. The molecule has 13 heteroatoms. The maximum atomic E-state index is 13.2. The Bertz CT molecular complexity index is 1130. The lowest BCUT2D eigenvalue weighted by atomic mass is 9.82. The molecule has 2 aromatic rings. The Balaban J connectivity index is 1.14. The molecule has 38 heavy (non-hydrogen) atoms. The van der Waals surface area contributed by atoms with Crippen molar-refractivity contribution in [1.82, 2.24) is 15.5 Å². The number of carbonyl (C=O) groups excluding carboxylic acids is 1. The number of aliphatic hydroxyl groups is 1. The Morgan fingerprint density at radius 3 is 2.68 bits per heavy atom. The fourth-order valence-corrected chi connectivity index (χ4v) is 5.51. The molecule has 0 spiro atoms. The molecule has 2 fully saturated rings. The van der Waals surface area contributed by atoms with Crippen molar-refractivity contribution in [3.05, 3.63) is 40.6 Å². The van der Waals surface area contributed by atoms with Crippen molar-refractivity contribution in [1.29, 1.82) is 0 Å². The van der Waals surface area contributed by atoms with Crippen LogP contribution in [-0.4, -0.2) is 51.9 Å². The highest BCUT2D eigenvalue weighted by molar-refractivity contribution is 6.30. The monoisotopic (exact) mass is 559 g/mol. The highest BCUT2D eigenvalue weighted by Gasteiger charge is 2.43. The second-order valence-corrected chi connectivity index (χ2v) is 10.7. The van der Waals surface area contributed by atoms with E-state index in [4.69, 9.17) is 25.5 Å². The molecule has 2 N–H and O–H groups in total. The van der Waals surface area contributed by atoms with Crippen molar-refractivity contribution in [2.75, 3.05) is 6.61 Å². The van der Waals surface area contributed by atoms with Crippen LogP contribution in [0.4, 0.5) is 13.2 Å². The zero-order valence-electron chi connectivity index (χ0n) is 20.5. The van der Waals surface area contributed by atoms with Crippen molar-refractivity contribution >= 4 is 17.5 Å². The number of hydrogen-bond acceptors (Lipinski definition) is 8. The molecule has 1 amide bonds. The van der Waals surface area contributed by atoms with Crippen LogP contribution in [0.5, 0.6) is 5.75 Å². The van der Waals surface area contributed by atoms with E-state index in [0.717, 1.165) is 32.1 Å². The van der Waals surface area contributed by atoms with Crippen LogP contribution in [0.3, 0.4) is 0 Å². The molecular formula is C25H29ClF3N3O6. The Morgan fingerprint density at radius 2 is 1.95 bits per heavy atom. The first kappa shape index (κ1) is 27.2. The lowest BCUT2D eigenvalue weighted by molar-refractivity contribution is -0.352. The molecular weight excluding hydrogens is 531 g/mol. The summed E-state index contributed by atoms with van der Waals surface area (Å²) in [7, 11) is 0. The van der Waals surface area contributed by atoms with Crippen LogP contribution in [0, 0.1) is 0 Å². The van der Waals surface area contributed by atoms with E-state index >= 15 is 0 Å². The minimum absolute atomic E-state index is 0.00655. The van der Waals surface area contributed by atoms with E-state index in [9.17, 15) is 23.1 Å². The van der Waals surface area contributed by atoms with Gasteiger partial charge in [0.2, 0.25) is 11.8 Å². The van der Waals surface area contributed by atoms with E-state index in [1.54, 1.807) is 18.2 Å². The number of nitrogens with one attached hydrogen (secondary N) is 1. The van der Waals surface area contributed by atoms with Gasteiger partial charge in [-0.2, -0.15) is 0 Å². The number of nitrogens with zero attached hydrogens (tertiary/aromatic N) is 2. The zero-order valence-corrected chi connectivity index (χ0v) is 21.3. The molecule has 0 bridgehead atoms. The number of benzene rings is 1. The van der Waals surface area contributed by atoms with E-state index in [0.29, 0.717) is 16.3 Å². The second-order valence-electron chi connectivity index (χ2n) is 10.3. The summed E-state index contributed by atoms with van der Waals surface area (Å²) in [6.07, 6.45) is -2.52. The summed E-state index contributed by atoms with van der Waals surface area (Å²) in [5, 5.41) is 22.0. The fraction of sp³-hybridized carbons (Fsp3) is 0.640. The number of alkyl halides is 3. The van der Waals surface area contributed by atoms with Crippen molar-refractivity contribution in [2.24, 2.45) is 0 Å². The highest BCUT2D eigenvalue weighted by Crippen LogP contribution is 2.41. The van der Waals surface area contributed by atoms with Gasteiger partial charge in [-0.15, -0.1) is 23.4 Å². The Kier molecular flexibility index (Phi) is 7.86. The van der Waals surface area contributed by atoms with Crippen molar-refractivity contribution < 1.29 is 41.7 Å². The second kappa shape index (κ2) is 11.0. The minimum Gasteiger partial charge on any atom is -0.480 e. The Labute approximate surface area is 222 Å². The average Bonchev–Trinajstić information content (AvgIpc) is 3.29. The molecule has 5 rings (SSSR count). The van der Waals surface area contributed by atoms with Gasteiger partial charge < -0.3 is 24.3 Å². The fourth-order valence-electron chi connectivity index (χ4n) is 5.33. The van der Waals surface area contributed by atoms with E-state index < -0.39 is 30.2 Å². The van der Waals surface area contributed by atoms with Gasteiger partial charge in [0.15, 0.2) is 6.10 Å². The van der Waals surface area contributed by atoms with Crippen LogP contribution in [0.25, 0.3) is 0 Å². The summed E-state index contributed by atoms with van der Waals surface area (Å²) >= 11 is 6.02. The lowest BCUT2D eigenvalue weighted by Crippen LogP contribution is -2.57. The van der Waals surface area contributed by atoms with E-state index in [2.05, 4.69) is 20.3 Å². The summed E-state index contributed by atoms with van der Waals surface area (Å²) in [5.41, 5.74) is -0.0513. The van der Waals surface area contributed by atoms with Gasteiger partial charge in [0, 0.05) is 22.9 Å². The largest absolute Gasteiger partial charge is 0.522 e. The molecule has 1 aliphatic heterocycles. The third-order valence-corrected chi connectivity index (χ3v) is 7.59. The summed E-state index contributed by atoms with van der Waals surface area (Å²) in [4.78, 5) is 13.2.